The summed E-state index contributed by atoms with van der Waals surface area (Å²) in [7, 11) is 0. The summed E-state index contributed by atoms with van der Waals surface area (Å²) in [5, 5.41) is 22.3. The number of rotatable bonds is 25. The van der Waals surface area contributed by atoms with E-state index in [4.69, 9.17) is 5.11 Å². The van der Waals surface area contributed by atoms with Crippen molar-refractivity contribution in [2.75, 3.05) is 6.54 Å². The number of hydrogen-bond acceptors (Lipinski definition) is 4. The third-order valence-electron chi connectivity index (χ3n) is 6.08. The third kappa shape index (κ3) is 26.8. The van der Waals surface area contributed by atoms with Crippen molar-refractivity contribution in [3.8, 4) is 0 Å². The molecule has 0 aromatic rings. The first-order valence-corrected chi connectivity index (χ1v) is 13.2. The molecule has 0 unspecified atom stereocenters. The van der Waals surface area contributed by atoms with Gasteiger partial charge in [-0.2, -0.15) is 0 Å². The molecule has 1 atom stereocenters. The average molecular weight is 480 g/mol. The molecule has 5 nitrogen and oxygen atoms in total. The van der Waals surface area contributed by atoms with Gasteiger partial charge in [-0.15, -0.1) is 0 Å². The van der Waals surface area contributed by atoms with Gasteiger partial charge in [-0.25, -0.2) is 0 Å². The van der Waals surface area contributed by atoms with E-state index in [1.54, 1.807) is 0 Å². The first-order chi connectivity index (χ1) is 15.1. The van der Waals surface area contributed by atoms with Gasteiger partial charge in [-0.1, -0.05) is 129 Å². The molecule has 0 heterocycles. The van der Waals surface area contributed by atoms with E-state index in [1.165, 1.54) is 109 Å². The first kappa shape index (κ1) is 34.7. The molecule has 0 fully saturated rings. The number of carboxylic acid groups (broad SMARTS) is 2. The number of unbranched alkanes of at least 4 members (excludes halogenated alkanes) is 19. The molecule has 0 saturated carbocycles. The maximum Gasteiger partial charge on any atom is 1.00 e. The standard InChI is InChI=1S/C26H51NO4.K/c1-2-3-4-5-6-7-8-9-10-11-12-13-14-15-16-17-18-19-20-21-22-27-24(26(30)31)23-25(28)29;/h24,27H,2-23H2,1H3,(H,28,29)(H,30,31);/q;+1/p-1/t24-;/m0./s1. The van der Waals surface area contributed by atoms with E-state index in [0.29, 0.717) is 6.54 Å². The molecule has 184 valence electrons. The van der Waals surface area contributed by atoms with Gasteiger partial charge in [0.25, 0.3) is 0 Å². The van der Waals surface area contributed by atoms with E-state index in [0.717, 1.165) is 19.3 Å². The second kappa shape index (κ2) is 27.8. The van der Waals surface area contributed by atoms with Crippen molar-refractivity contribution in [2.24, 2.45) is 0 Å². The smallest absolute Gasteiger partial charge is 0.548 e. The van der Waals surface area contributed by atoms with Crippen LogP contribution in [0.1, 0.15) is 142 Å². The fourth-order valence-electron chi connectivity index (χ4n) is 4.07. The molecule has 0 aliphatic carbocycles. The fourth-order valence-corrected chi connectivity index (χ4v) is 4.07. The first-order valence-electron chi connectivity index (χ1n) is 13.2. The van der Waals surface area contributed by atoms with Crippen LogP contribution in [-0.4, -0.2) is 29.6 Å². The summed E-state index contributed by atoms with van der Waals surface area (Å²) in [5.41, 5.74) is 0. The van der Waals surface area contributed by atoms with Crippen molar-refractivity contribution in [2.45, 2.75) is 148 Å². The van der Waals surface area contributed by atoms with Gasteiger partial charge in [0, 0.05) is 0 Å². The zero-order valence-electron chi connectivity index (χ0n) is 21.3. The van der Waals surface area contributed by atoms with Crippen molar-refractivity contribution < 1.29 is 71.2 Å². The van der Waals surface area contributed by atoms with Gasteiger partial charge in [0.1, 0.15) is 0 Å². The molecule has 0 spiro atoms. The van der Waals surface area contributed by atoms with Gasteiger partial charge in [0.2, 0.25) is 0 Å². The zero-order valence-corrected chi connectivity index (χ0v) is 24.4. The van der Waals surface area contributed by atoms with Crippen LogP contribution in [0.5, 0.6) is 0 Å². The molecule has 2 N–H and O–H groups in total. The van der Waals surface area contributed by atoms with Crippen LogP contribution in [0.25, 0.3) is 0 Å². The number of nitrogens with one attached hydrogen (secondary N) is 1. The summed E-state index contributed by atoms with van der Waals surface area (Å²) in [6, 6.07) is -1.09. The largest absolute Gasteiger partial charge is 1.00 e. The van der Waals surface area contributed by atoms with Gasteiger partial charge in [0.15, 0.2) is 0 Å². The molecule has 0 saturated heterocycles. The Morgan fingerprint density at radius 3 is 1.25 bits per heavy atom. The van der Waals surface area contributed by atoms with Crippen LogP contribution in [0.2, 0.25) is 0 Å². The van der Waals surface area contributed by atoms with Crippen LogP contribution in [0, 0.1) is 0 Å². The fraction of sp³-hybridized carbons (Fsp3) is 0.923. The molecule has 0 bridgehead atoms. The predicted octanol–water partition coefficient (Wildman–Crippen LogP) is 3.00. The summed E-state index contributed by atoms with van der Waals surface area (Å²) >= 11 is 0. The summed E-state index contributed by atoms with van der Waals surface area (Å²) in [6.45, 7) is 2.81. The van der Waals surface area contributed by atoms with Gasteiger partial charge in [0.05, 0.1) is 18.4 Å². The molecule has 0 radical (unpaired) electrons. The van der Waals surface area contributed by atoms with Crippen LogP contribution >= 0.6 is 0 Å². The SMILES string of the molecule is CCCCCCCCCCCCCCCCCCCCCCN[C@@H](CC(=O)O)C(=O)[O-].[K+]. The molecular weight excluding hydrogens is 429 g/mol. The van der Waals surface area contributed by atoms with Gasteiger partial charge in [-0.3, -0.25) is 4.79 Å². The van der Waals surface area contributed by atoms with Gasteiger partial charge >= 0.3 is 57.4 Å². The van der Waals surface area contributed by atoms with Crippen molar-refractivity contribution in [1.82, 2.24) is 5.32 Å². The number of hydrogen-bond donors (Lipinski definition) is 2. The van der Waals surface area contributed by atoms with Crippen LogP contribution in [0.3, 0.4) is 0 Å². The molecular formula is C26H50KNO4. The van der Waals surface area contributed by atoms with E-state index in [-0.39, 0.29) is 51.4 Å². The molecule has 0 aliphatic heterocycles. The van der Waals surface area contributed by atoms with Crippen molar-refractivity contribution >= 4 is 11.9 Å². The minimum Gasteiger partial charge on any atom is -0.548 e. The van der Waals surface area contributed by atoms with Gasteiger partial charge in [-0.05, 0) is 13.0 Å². The molecule has 0 rings (SSSR count). The maximum atomic E-state index is 10.8. The number of carboxylic acids is 2. The van der Waals surface area contributed by atoms with Gasteiger partial charge < -0.3 is 20.3 Å². The molecule has 0 aromatic heterocycles. The normalized spacial score (nSPS) is 11.8. The summed E-state index contributed by atoms with van der Waals surface area (Å²) in [5.74, 6) is -2.46. The van der Waals surface area contributed by atoms with E-state index in [1.807, 2.05) is 0 Å². The molecule has 0 aliphatic rings. The summed E-state index contributed by atoms with van der Waals surface area (Å²) in [6.07, 6.45) is 26.2. The van der Waals surface area contributed by atoms with Crippen molar-refractivity contribution in [3.05, 3.63) is 0 Å². The van der Waals surface area contributed by atoms with Crippen molar-refractivity contribution in [3.63, 3.8) is 0 Å². The molecule has 32 heavy (non-hydrogen) atoms. The predicted molar refractivity (Wildman–Crippen MR) is 127 cm³/mol. The third-order valence-corrected chi connectivity index (χ3v) is 6.08. The quantitative estimate of drug-likeness (QED) is 0.155. The minimum absolute atomic E-state index is 0. The molecule has 0 amide bonds. The van der Waals surface area contributed by atoms with Crippen LogP contribution in [-0.2, 0) is 9.59 Å². The van der Waals surface area contributed by atoms with Crippen molar-refractivity contribution in [1.29, 1.82) is 0 Å². The Hall–Kier alpha value is 0.536. The Morgan fingerprint density at radius 1 is 0.656 bits per heavy atom. The molecule has 6 heteroatoms. The second-order valence-electron chi connectivity index (χ2n) is 9.14. The Labute approximate surface area is 240 Å². The summed E-state index contributed by atoms with van der Waals surface area (Å²) < 4.78 is 0. The monoisotopic (exact) mass is 479 g/mol. The topological polar surface area (TPSA) is 89.5 Å². The second-order valence-corrected chi connectivity index (χ2v) is 9.14. The number of carbonyl (C=O) groups excluding carboxylic acids is 1. The van der Waals surface area contributed by atoms with E-state index in [9.17, 15) is 14.7 Å². The van der Waals surface area contributed by atoms with Crippen LogP contribution in [0.4, 0.5) is 0 Å². The Kier molecular flexibility index (Phi) is 30.1. The minimum atomic E-state index is -1.34. The van der Waals surface area contributed by atoms with E-state index in [2.05, 4.69) is 12.2 Å². The maximum absolute atomic E-state index is 10.8. The zero-order chi connectivity index (χ0) is 23.0. The Bertz CT molecular complexity index is 421. The Balaban J connectivity index is 0. The molecule has 0 aromatic carbocycles. The van der Waals surface area contributed by atoms with E-state index >= 15 is 0 Å². The number of aliphatic carboxylic acids is 2. The summed E-state index contributed by atoms with van der Waals surface area (Å²) in [4.78, 5) is 21.4. The Morgan fingerprint density at radius 2 is 0.969 bits per heavy atom. The van der Waals surface area contributed by atoms with E-state index < -0.39 is 24.4 Å². The van der Waals surface area contributed by atoms with Crippen LogP contribution < -0.4 is 61.8 Å². The average Bonchev–Trinajstić information content (AvgIpc) is 2.73. The van der Waals surface area contributed by atoms with Crippen LogP contribution in [0.15, 0.2) is 0 Å². The number of carbonyl (C=O) groups is 2.